The highest BCUT2D eigenvalue weighted by Crippen LogP contribution is 2.47. The molecule has 7 aromatic rings. The van der Waals surface area contributed by atoms with Crippen molar-refractivity contribution in [2.75, 3.05) is 9.80 Å². The monoisotopic (exact) mass is 616 g/mol. The molecule has 2 N–H and O–H groups in total. The molecule has 0 saturated heterocycles. The normalized spacial score (nSPS) is 13.4. The fraction of sp³-hybridized carbons (Fsp3) is 0.0488. The molecule has 0 bridgehead atoms. The van der Waals surface area contributed by atoms with E-state index in [9.17, 15) is 9.79 Å². The summed E-state index contributed by atoms with van der Waals surface area (Å²) < 4.78 is 0. The van der Waals surface area contributed by atoms with Gasteiger partial charge in [0.2, 0.25) is 0 Å². The second-order valence-electron chi connectivity index (χ2n) is 11.8. The first-order chi connectivity index (χ1) is 22.5. The van der Waals surface area contributed by atoms with Crippen molar-refractivity contribution in [3.05, 3.63) is 157 Å². The molecule has 46 heavy (non-hydrogen) atoms. The van der Waals surface area contributed by atoms with E-state index >= 15 is 0 Å². The molecule has 1 aliphatic carbocycles. The molecule has 0 amide bonds. The molecule has 0 aliphatic heterocycles. The molecule has 0 fully saturated rings. The molecular weight excluding hydrogens is 583 g/mol. The van der Waals surface area contributed by atoms with E-state index in [0.717, 1.165) is 52.4 Å². The maximum absolute atomic E-state index is 10.2. The van der Waals surface area contributed by atoms with Crippen molar-refractivity contribution in [3.63, 3.8) is 0 Å². The number of hydrogen-bond acceptors (Lipinski definition) is 4. The van der Waals surface area contributed by atoms with Crippen LogP contribution in [0.4, 0.5) is 28.4 Å². The Hall–Kier alpha value is -5.12. The smallest absolute Gasteiger partial charge is 0.142 e. The lowest BCUT2D eigenvalue weighted by atomic mass is 9.91. The zero-order valence-electron chi connectivity index (χ0n) is 25.3. The molecule has 0 radical (unpaired) electrons. The molecule has 5 heteroatoms. The van der Waals surface area contributed by atoms with Gasteiger partial charge in [-0.25, -0.2) is 0 Å². The van der Waals surface area contributed by atoms with Crippen LogP contribution in [0.15, 0.2) is 157 Å². The van der Waals surface area contributed by atoms with Crippen LogP contribution in [0.5, 0.6) is 0 Å². The summed E-state index contributed by atoms with van der Waals surface area (Å²) in [6.07, 6.45) is 12.2. The summed E-state index contributed by atoms with van der Waals surface area (Å²) in [5.41, 5.74) is 6.46. The van der Waals surface area contributed by atoms with Crippen LogP contribution in [-0.4, -0.2) is 16.1 Å². The van der Waals surface area contributed by atoms with Gasteiger partial charge in [0, 0.05) is 38.8 Å². The minimum atomic E-state index is -3.36. The van der Waals surface area contributed by atoms with Crippen LogP contribution in [0.1, 0.15) is 12.8 Å². The van der Waals surface area contributed by atoms with Crippen LogP contribution in [-0.2, 0) is 0 Å². The molecule has 0 spiro atoms. The van der Waals surface area contributed by atoms with Gasteiger partial charge >= 0.3 is 0 Å². The second-order valence-corrected chi connectivity index (χ2v) is 13.8. The van der Waals surface area contributed by atoms with Crippen molar-refractivity contribution in [2.45, 2.75) is 12.8 Å². The van der Waals surface area contributed by atoms with Gasteiger partial charge in [-0.1, -0.05) is 84.9 Å². The number of benzene rings is 7. The summed E-state index contributed by atoms with van der Waals surface area (Å²) in [5.74, 6) is 0. The number of anilines is 5. The van der Waals surface area contributed by atoms with E-state index < -0.39 is 7.34 Å². The van der Waals surface area contributed by atoms with Gasteiger partial charge in [-0.15, -0.1) is 0 Å². The highest BCUT2D eigenvalue weighted by molar-refractivity contribution is 7.70. The third kappa shape index (κ3) is 4.88. The second kappa shape index (κ2) is 11.3. The summed E-state index contributed by atoms with van der Waals surface area (Å²) in [6, 6.07) is 46.4. The first-order valence-electron chi connectivity index (χ1n) is 15.5. The molecule has 0 aromatic heterocycles. The Labute approximate surface area is 268 Å². The van der Waals surface area contributed by atoms with Crippen molar-refractivity contribution in [1.82, 2.24) is 0 Å². The minimum absolute atomic E-state index is 0.452. The molecule has 0 saturated carbocycles. The predicted octanol–water partition coefficient (Wildman–Crippen LogP) is 10.3. The molecule has 7 aromatic carbocycles. The maximum atomic E-state index is 10.2. The molecule has 224 valence electrons. The fourth-order valence-electron chi connectivity index (χ4n) is 6.77. The lowest BCUT2D eigenvalue weighted by Gasteiger charge is -2.30. The molecule has 0 atom stereocenters. The third-order valence-corrected chi connectivity index (χ3v) is 10.0. The van der Waals surface area contributed by atoms with E-state index in [2.05, 4.69) is 144 Å². The van der Waals surface area contributed by atoms with Crippen molar-refractivity contribution < 1.29 is 9.79 Å². The van der Waals surface area contributed by atoms with Gasteiger partial charge in [0.05, 0.1) is 11.4 Å². The molecule has 0 heterocycles. The Kier molecular flexibility index (Phi) is 7.00. The van der Waals surface area contributed by atoms with Gasteiger partial charge < -0.3 is 19.6 Å². The van der Waals surface area contributed by atoms with E-state index in [1.165, 1.54) is 26.9 Å². The first-order valence-corrected chi connectivity index (χ1v) is 17.4. The minimum Gasteiger partial charge on any atom is -0.350 e. The zero-order chi connectivity index (χ0) is 31.3. The highest BCUT2D eigenvalue weighted by Gasteiger charge is 2.22. The number of rotatable bonds is 7. The quantitative estimate of drug-likeness (QED) is 0.138. The van der Waals surface area contributed by atoms with E-state index in [4.69, 9.17) is 0 Å². The van der Waals surface area contributed by atoms with Gasteiger partial charge in [0.1, 0.15) is 7.34 Å². The van der Waals surface area contributed by atoms with Gasteiger partial charge in [-0.2, -0.15) is 0 Å². The van der Waals surface area contributed by atoms with Crippen molar-refractivity contribution in [3.8, 4) is 0 Å². The summed E-state index contributed by atoms with van der Waals surface area (Å²) in [5, 5.41) is 7.65. The Morgan fingerprint density at radius 3 is 1.52 bits per heavy atom. The lowest BCUT2D eigenvalue weighted by Crippen LogP contribution is -2.17. The number of hydrogen-bond donors (Lipinski definition) is 2. The lowest BCUT2D eigenvalue weighted by molar-refractivity contribution is 0.491. The Morgan fingerprint density at radius 1 is 0.522 bits per heavy atom. The standard InChI is InChI=1S/C41H33N2O2P/c1-46(44,45)35-23-21-34(22-24-35)43(33-15-9-4-10-16-33)39-28-20-30-17-25-36-38(27-19-29-18-26-37(39)41(30)40(29)36)42(31-11-5-2-6-12-31)32-13-7-3-8-14-32/h2-3,5-9,11-28,44-45H,1,4,10H2. The Morgan fingerprint density at radius 2 is 1.02 bits per heavy atom. The first kappa shape index (κ1) is 28.4. The van der Waals surface area contributed by atoms with E-state index in [0.29, 0.717) is 5.30 Å². The van der Waals surface area contributed by atoms with Gasteiger partial charge in [0.15, 0.2) is 0 Å². The molecule has 1 aliphatic rings. The molecule has 0 unspecified atom stereocenters. The summed E-state index contributed by atoms with van der Waals surface area (Å²) >= 11 is 0. The third-order valence-electron chi connectivity index (χ3n) is 8.88. The van der Waals surface area contributed by atoms with Crippen molar-refractivity contribution in [2.24, 2.45) is 0 Å². The largest absolute Gasteiger partial charge is 0.350 e. The van der Waals surface area contributed by atoms with Crippen LogP contribution in [0.3, 0.4) is 0 Å². The SMILES string of the molecule is C=P(O)(O)c1ccc(N(C2=CCCC=C2)c2ccc3ccc4c(N(c5ccccc5)c5ccccc5)ccc5ccc2c3c54)cc1. The van der Waals surface area contributed by atoms with Crippen LogP contribution >= 0.6 is 7.34 Å². The summed E-state index contributed by atoms with van der Waals surface area (Å²) in [4.78, 5) is 25.0. The topological polar surface area (TPSA) is 46.9 Å². The van der Waals surface area contributed by atoms with Crippen molar-refractivity contribution >= 4 is 79.7 Å². The fourth-order valence-corrected chi connectivity index (χ4v) is 7.40. The average molecular weight is 617 g/mol. The number of para-hydroxylation sites is 2. The zero-order valence-corrected chi connectivity index (χ0v) is 26.2. The van der Waals surface area contributed by atoms with E-state index in [1.807, 2.05) is 12.1 Å². The summed E-state index contributed by atoms with van der Waals surface area (Å²) in [6.45, 7) is 0. The van der Waals surface area contributed by atoms with Crippen molar-refractivity contribution in [1.29, 1.82) is 0 Å². The van der Waals surface area contributed by atoms with Crippen LogP contribution in [0.25, 0.3) is 32.3 Å². The highest BCUT2D eigenvalue weighted by atomic mass is 31.2. The van der Waals surface area contributed by atoms with E-state index in [1.54, 1.807) is 12.1 Å². The number of allylic oxidation sites excluding steroid dienone is 3. The van der Waals surface area contributed by atoms with E-state index in [-0.39, 0.29) is 0 Å². The Bertz CT molecular complexity index is 2270. The number of nitrogens with zero attached hydrogens (tertiary/aromatic N) is 2. The average Bonchev–Trinajstić information content (AvgIpc) is 3.10. The summed E-state index contributed by atoms with van der Waals surface area (Å²) in [7, 11) is -3.36. The molecular formula is C41H33N2O2P. The molecule has 4 nitrogen and oxygen atoms in total. The van der Waals surface area contributed by atoms with Gasteiger partial charge in [0.25, 0.3) is 0 Å². The maximum Gasteiger partial charge on any atom is 0.142 e. The molecule has 8 rings (SSSR count). The van der Waals surface area contributed by atoms with Gasteiger partial charge in [-0.05, 0) is 107 Å². The predicted molar refractivity (Wildman–Crippen MR) is 198 cm³/mol. The van der Waals surface area contributed by atoms with Crippen LogP contribution in [0.2, 0.25) is 0 Å². The van der Waals surface area contributed by atoms with Crippen LogP contribution in [0, 0.1) is 0 Å². The van der Waals surface area contributed by atoms with Crippen LogP contribution < -0.4 is 15.1 Å². The van der Waals surface area contributed by atoms with Gasteiger partial charge in [-0.3, -0.25) is 0 Å². The Balaban J connectivity index is 1.38.